The first-order chi connectivity index (χ1) is 22.6. The first-order valence-electron chi connectivity index (χ1n) is 11.1. The van der Waals surface area contributed by atoms with Crippen LogP contribution < -0.4 is 9.47 Å². The number of allylic oxidation sites excluding steroid dienone is 2. The van der Waals surface area contributed by atoms with Gasteiger partial charge in [-0.3, -0.25) is 0 Å². The fourth-order valence-corrected chi connectivity index (χ4v) is 3.05. The quantitative estimate of drug-likeness (QED) is 0.115. The van der Waals surface area contributed by atoms with Crippen LogP contribution in [-0.4, -0.2) is 36.0 Å². The molecule has 29 heteroatoms. The molecule has 2 aromatic carbocycles. The third-order valence-electron chi connectivity index (χ3n) is 5.47. The Morgan fingerprint density at radius 2 is 0.490 bits per heavy atom. The molecule has 0 saturated carbocycles. The minimum absolute atomic E-state index is 2.40. The summed E-state index contributed by atoms with van der Waals surface area (Å²) < 4.78 is 364. The Hall–Kier alpha value is -4.50. The van der Waals surface area contributed by atoms with Gasteiger partial charge < -0.3 is 14.2 Å². The van der Waals surface area contributed by atoms with Gasteiger partial charge in [0.05, 0.1) is 0 Å². The maximum absolute atomic E-state index is 14.9. The summed E-state index contributed by atoms with van der Waals surface area (Å²) in [6.45, 7) is 0. The predicted octanol–water partition coefficient (Wildman–Crippen LogP) is 10.5. The van der Waals surface area contributed by atoms with Gasteiger partial charge in [0.2, 0.25) is 81.2 Å². The number of ether oxygens (including phenoxy) is 3. The Labute approximate surface area is 258 Å². The normalized spacial score (nSPS) is 14.7. The van der Waals surface area contributed by atoms with Gasteiger partial charge in [0.1, 0.15) is 0 Å². The van der Waals surface area contributed by atoms with Gasteiger partial charge in [0, 0.05) is 0 Å². The maximum atomic E-state index is 14.9. The van der Waals surface area contributed by atoms with Gasteiger partial charge >= 0.3 is 48.1 Å². The lowest BCUT2D eigenvalue weighted by Crippen LogP contribution is -2.58. The van der Waals surface area contributed by atoms with Gasteiger partial charge in [-0.1, -0.05) is 0 Å². The van der Waals surface area contributed by atoms with E-state index in [4.69, 9.17) is 0 Å². The standard InChI is InChI=1S/C22F26O3/c23-1-3(25)7(29)11(8(30)4(1)26)49-15(33)13(17(35,19(37,38)39)20(40,41)42)51-14(18(36,21(43,44)45)22(46,47)48)16(34)50-12-9(31)5(27)2(24)6(28)10(12)32. The molecule has 51 heavy (non-hydrogen) atoms. The fourth-order valence-electron chi connectivity index (χ4n) is 3.05. The monoisotopic (exact) mass is 806 g/mol. The molecular weight excluding hydrogens is 806 g/mol. The lowest BCUT2D eigenvalue weighted by Gasteiger charge is -2.35. The van der Waals surface area contributed by atoms with Crippen molar-refractivity contribution in [2.24, 2.45) is 0 Å². The SMILES string of the molecule is FC(Oc1c(F)c(F)c(F)c(F)c1F)=C(OC(=C(F)Oc1c(F)c(F)c(F)c(F)c1F)C(F)(C(F)(F)F)C(F)(F)F)C(F)(C(F)(F)F)C(F)(F)F. The van der Waals surface area contributed by atoms with Gasteiger partial charge in [-0.05, 0) is 0 Å². The molecule has 0 atom stereocenters. The van der Waals surface area contributed by atoms with Crippen LogP contribution in [0.5, 0.6) is 11.5 Å². The van der Waals surface area contributed by atoms with Crippen LogP contribution in [-0.2, 0) is 4.74 Å². The van der Waals surface area contributed by atoms with Crippen molar-refractivity contribution in [3.05, 3.63) is 81.7 Å². The molecule has 0 N–H and O–H groups in total. The predicted molar refractivity (Wildman–Crippen MR) is 103 cm³/mol. The topological polar surface area (TPSA) is 27.7 Å². The maximum Gasteiger partial charge on any atom is 0.439 e. The highest BCUT2D eigenvalue weighted by atomic mass is 19.4. The van der Waals surface area contributed by atoms with E-state index in [9.17, 15) is 114 Å². The molecule has 0 heterocycles. The summed E-state index contributed by atoms with van der Waals surface area (Å²) in [4.78, 5) is 0. The van der Waals surface area contributed by atoms with Gasteiger partial charge in [-0.15, -0.1) is 0 Å². The molecule has 0 aliphatic heterocycles. The first-order valence-corrected chi connectivity index (χ1v) is 11.1. The Morgan fingerprint density at radius 1 is 0.314 bits per heavy atom. The summed E-state index contributed by atoms with van der Waals surface area (Å²) in [5.41, 5.74) is -16.5. The van der Waals surface area contributed by atoms with Gasteiger partial charge in [0.15, 0.2) is 0 Å². The molecule has 3 nitrogen and oxygen atoms in total. The van der Waals surface area contributed by atoms with Crippen LogP contribution in [0.2, 0.25) is 0 Å². The minimum atomic E-state index is -8.23. The van der Waals surface area contributed by atoms with Crippen molar-refractivity contribution >= 4 is 0 Å². The van der Waals surface area contributed by atoms with Crippen LogP contribution in [0.15, 0.2) is 23.5 Å². The fraction of sp³-hybridized carbons (Fsp3) is 0.273. The summed E-state index contributed by atoms with van der Waals surface area (Å²) in [6.07, 6.45) is -32.8. The molecule has 0 aliphatic carbocycles. The molecule has 0 spiro atoms. The molecule has 0 radical (unpaired) electrons. The van der Waals surface area contributed by atoms with Crippen LogP contribution in [0, 0.1) is 58.2 Å². The third kappa shape index (κ3) is 6.93. The van der Waals surface area contributed by atoms with E-state index >= 15 is 0 Å². The van der Waals surface area contributed by atoms with Crippen molar-refractivity contribution in [2.75, 3.05) is 0 Å². The summed E-state index contributed by atoms with van der Waals surface area (Å²) in [7, 11) is 0. The highest BCUT2D eigenvalue weighted by molar-refractivity contribution is 5.35. The summed E-state index contributed by atoms with van der Waals surface area (Å²) in [6, 6.07) is -9.72. The highest BCUT2D eigenvalue weighted by Crippen LogP contribution is 2.57. The van der Waals surface area contributed by atoms with E-state index in [1.165, 1.54) is 0 Å². The zero-order valence-electron chi connectivity index (χ0n) is 22.1. The number of hydrogen-bond donors (Lipinski definition) is 0. The van der Waals surface area contributed by atoms with Crippen LogP contribution in [0.3, 0.4) is 0 Å². The molecule has 2 rings (SSSR count). The van der Waals surface area contributed by atoms with Crippen molar-refractivity contribution in [1.29, 1.82) is 0 Å². The van der Waals surface area contributed by atoms with E-state index < -0.39 is 129 Å². The summed E-state index contributed by atoms with van der Waals surface area (Å²) in [5.74, 6) is -52.5. The molecule has 0 fully saturated rings. The number of rotatable bonds is 8. The number of benzene rings is 2. The number of alkyl halides is 14. The van der Waals surface area contributed by atoms with E-state index in [1.54, 1.807) is 0 Å². The van der Waals surface area contributed by atoms with Crippen LogP contribution in [0.4, 0.5) is 114 Å². The van der Waals surface area contributed by atoms with Crippen molar-refractivity contribution in [3.8, 4) is 11.5 Å². The zero-order valence-corrected chi connectivity index (χ0v) is 22.1. The summed E-state index contributed by atoms with van der Waals surface area (Å²) in [5, 5.41) is 0. The molecule has 0 bridgehead atoms. The van der Waals surface area contributed by atoms with Gasteiger partial charge in [-0.2, -0.15) is 79.0 Å². The molecule has 0 aliphatic rings. The van der Waals surface area contributed by atoms with E-state index in [-0.39, 0.29) is 0 Å². The average molecular weight is 806 g/mol. The van der Waals surface area contributed by atoms with Gasteiger partial charge in [0.25, 0.3) is 0 Å². The minimum Gasteiger partial charge on any atom is -0.445 e. The van der Waals surface area contributed by atoms with Crippen molar-refractivity contribution in [2.45, 2.75) is 36.0 Å². The smallest absolute Gasteiger partial charge is 0.439 e. The van der Waals surface area contributed by atoms with Crippen LogP contribution in [0.1, 0.15) is 0 Å². The molecule has 288 valence electrons. The largest absolute Gasteiger partial charge is 0.445 e. The average Bonchev–Trinajstić information content (AvgIpc) is 2.98. The first kappa shape index (κ1) is 42.7. The second-order valence-corrected chi connectivity index (χ2v) is 8.62. The van der Waals surface area contributed by atoms with E-state index in [2.05, 4.69) is 14.2 Å². The van der Waals surface area contributed by atoms with E-state index in [0.717, 1.165) is 0 Å². The number of hydrogen-bond acceptors (Lipinski definition) is 3. The highest BCUT2D eigenvalue weighted by Gasteiger charge is 2.81. The zero-order chi connectivity index (χ0) is 40.4. The molecule has 0 aromatic heterocycles. The molecule has 0 amide bonds. The Balaban J connectivity index is 3.29. The van der Waals surface area contributed by atoms with E-state index in [1.807, 2.05) is 0 Å². The third-order valence-corrected chi connectivity index (χ3v) is 5.47. The Kier molecular flexibility index (Phi) is 11.1. The Morgan fingerprint density at radius 3 is 0.667 bits per heavy atom. The number of halogens is 26. The molecule has 0 saturated heterocycles. The molecule has 0 unspecified atom stereocenters. The molecular formula is C22F26O3. The Bertz CT molecular complexity index is 1550. The van der Waals surface area contributed by atoms with Gasteiger partial charge in [-0.25, -0.2) is 35.1 Å². The van der Waals surface area contributed by atoms with Crippen molar-refractivity contribution in [3.63, 3.8) is 0 Å². The second kappa shape index (κ2) is 13.2. The van der Waals surface area contributed by atoms with Crippen molar-refractivity contribution in [1.82, 2.24) is 0 Å². The van der Waals surface area contributed by atoms with E-state index in [0.29, 0.717) is 0 Å². The van der Waals surface area contributed by atoms with Crippen LogP contribution >= 0.6 is 0 Å². The second-order valence-electron chi connectivity index (χ2n) is 8.62. The van der Waals surface area contributed by atoms with Crippen molar-refractivity contribution < 1.29 is 128 Å². The summed E-state index contributed by atoms with van der Waals surface area (Å²) >= 11 is 0. The lowest BCUT2D eigenvalue weighted by molar-refractivity contribution is -0.348. The lowest BCUT2D eigenvalue weighted by atomic mass is 10.00. The van der Waals surface area contributed by atoms with Crippen LogP contribution in [0.25, 0.3) is 0 Å². The molecule has 2 aromatic rings.